The van der Waals surface area contributed by atoms with E-state index in [0.717, 1.165) is 12.8 Å². The van der Waals surface area contributed by atoms with Crippen molar-refractivity contribution in [1.82, 2.24) is 10.2 Å². The summed E-state index contributed by atoms with van der Waals surface area (Å²) in [5, 5.41) is 21.7. The van der Waals surface area contributed by atoms with E-state index in [2.05, 4.69) is 16.1 Å². The Labute approximate surface area is 123 Å². The van der Waals surface area contributed by atoms with Crippen molar-refractivity contribution in [2.45, 2.75) is 43.9 Å². The molecule has 1 aliphatic carbocycles. The van der Waals surface area contributed by atoms with Crippen molar-refractivity contribution in [2.24, 2.45) is 5.92 Å². The number of likely N-dealkylation sites (tertiary alicyclic amines) is 1. The fourth-order valence-corrected chi connectivity index (χ4v) is 2.83. The van der Waals surface area contributed by atoms with Gasteiger partial charge in [-0.25, -0.2) is 0 Å². The van der Waals surface area contributed by atoms with E-state index in [0.29, 0.717) is 0 Å². The fourth-order valence-electron chi connectivity index (χ4n) is 2.83. The van der Waals surface area contributed by atoms with Crippen LogP contribution >= 0.6 is 0 Å². The first-order chi connectivity index (χ1) is 9.89. The van der Waals surface area contributed by atoms with Gasteiger partial charge in [0.05, 0.1) is 25.8 Å². The lowest BCUT2D eigenvalue weighted by Gasteiger charge is -2.26. The van der Waals surface area contributed by atoms with E-state index >= 15 is 0 Å². The molecule has 1 saturated carbocycles. The van der Waals surface area contributed by atoms with Crippen LogP contribution in [0.15, 0.2) is 0 Å². The molecule has 1 saturated heterocycles. The molecule has 7 nitrogen and oxygen atoms in total. The number of nitrogens with zero attached hydrogens (tertiary/aromatic N) is 2. The molecule has 1 amide bonds. The summed E-state index contributed by atoms with van der Waals surface area (Å²) >= 11 is 0. The number of aliphatic hydroxyl groups excluding tert-OH is 1. The van der Waals surface area contributed by atoms with Crippen LogP contribution in [0, 0.1) is 17.2 Å². The number of methoxy groups -OCH3 is 1. The second kappa shape index (κ2) is 6.00. The largest absolute Gasteiger partial charge is 0.468 e. The Balaban J connectivity index is 1.95. The molecule has 3 atom stereocenters. The Hall–Kier alpha value is -1.65. The van der Waals surface area contributed by atoms with Crippen molar-refractivity contribution < 1.29 is 19.4 Å². The number of nitrogens with one attached hydrogen (secondary N) is 1. The zero-order valence-electron chi connectivity index (χ0n) is 12.3. The van der Waals surface area contributed by atoms with Crippen LogP contribution in [0.1, 0.15) is 26.2 Å². The van der Waals surface area contributed by atoms with Crippen molar-refractivity contribution in [3.05, 3.63) is 0 Å². The van der Waals surface area contributed by atoms with Crippen molar-refractivity contribution in [2.75, 3.05) is 20.2 Å². The van der Waals surface area contributed by atoms with Gasteiger partial charge in [-0.2, -0.15) is 5.26 Å². The van der Waals surface area contributed by atoms with E-state index in [4.69, 9.17) is 0 Å². The summed E-state index contributed by atoms with van der Waals surface area (Å²) in [6, 6.07) is 1.55. The number of β-amino-alcohol motifs (C(OH)–C–C–N with tert-alkyl or cyclic N) is 1. The maximum atomic E-state index is 12.1. The molecule has 2 fully saturated rings. The molecule has 0 aromatic carbocycles. The molecule has 0 aromatic rings. The molecule has 0 bridgehead atoms. The zero-order chi connectivity index (χ0) is 15.6. The van der Waals surface area contributed by atoms with E-state index in [1.807, 2.05) is 0 Å². The number of carbonyl (C=O) groups excluding carboxylic acids is 2. The molecule has 116 valence electrons. The lowest BCUT2D eigenvalue weighted by molar-refractivity contribution is -0.146. The first-order valence-electron chi connectivity index (χ1n) is 7.12. The first kappa shape index (κ1) is 15.7. The van der Waals surface area contributed by atoms with Crippen LogP contribution < -0.4 is 5.32 Å². The Morgan fingerprint density at radius 1 is 1.52 bits per heavy atom. The predicted molar refractivity (Wildman–Crippen MR) is 72.9 cm³/mol. The van der Waals surface area contributed by atoms with Crippen LogP contribution in [-0.4, -0.2) is 59.8 Å². The third kappa shape index (κ3) is 3.52. The molecule has 2 aliphatic rings. The standard InChI is InChI=1S/C14H21N3O4/c1-14(8-15,9-3-4-9)16-12(19)7-17-6-10(18)5-11(17)13(20)21-2/h9-11,18H,3-7H2,1-2H3,(H,16,19). The van der Waals surface area contributed by atoms with E-state index in [-0.39, 0.29) is 31.3 Å². The molecule has 7 heteroatoms. The van der Waals surface area contributed by atoms with Gasteiger partial charge in [-0.3, -0.25) is 14.5 Å². The molecular formula is C14H21N3O4. The molecule has 3 unspecified atom stereocenters. The van der Waals surface area contributed by atoms with Crippen LogP contribution in [-0.2, 0) is 14.3 Å². The Kier molecular flexibility index (Phi) is 4.49. The van der Waals surface area contributed by atoms with Gasteiger partial charge in [0.2, 0.25) is 5.91 Å². The van der Waals surface area contributed by atoms with Crippen LogP contribution in [0.25, 0.3) is 0 Å². The fraction of sp³-hybridized carbons (Fsp3) is 0.786. The third-order valence-corrected chi connectivity index (χ3v) is 4.23. The number of hydrogen-bond donors (Lipinski definition) is 2. The smallest absolute Gasteiger partial charge is 0.323 e. The topological polar surface area (TPSA) is 103 Å². The number of aliphatic hydroxyl groups is 1. The van der Waals surface area contributed by atoms with Gasteiger partial charge in [-0.05, 0) is 25.7 Å². The summed E-state index contributed by atoms with van der Waals surface area (Å²) < 4.78 is 4.69. The molecule has 2 N–H and O–H groups in total. The minimum absolute atomic E-state index is 0.0270. The van der Waals surface area contributed by atoms with E-state index in [1.54, 1.807) is 11.8 Å². The van der Waals surface area contributed by atoms with Crippen molar-refractivity contribution >= 4 is 11.9 Å². The third-order valence-electron chi connectivity index (χ3n) is 4.23. The van der Waals surface area contributed by atoms with Gasteiger partial charge in [0.15, 0.2) is 0 Å². The van der Waals surface area contributed by atoms with Crippen molar-refractivity contribution in [3.63, 3.8) is 0 Å². The van der Waals surface area contributed by atoms with E-state index < -0.39 is 23.7 Å². The lowest BCUT2D eigenvalue weighted by atomic mass is 9.98. The van der Waals surface area contributed by atoms with E-state index in [9.17, 15) is 20.0 Å². The molecule has 1 aliphatic heterocycles. The SMILES string of the molecule is COC(=O)C1CC(O)CN1CC(=O)NC(C)(C#N)C1CC1. The van der Waals surface area contributed by atoms with Gasteiger partial charge in [0, 0.05) is 13.0 Å². The number of ether oxygens (including phenoxy) is 1. The number of rotatable bonds is 5. The van der Waals surface area contributed by atoms with E-state index in [1.165, 1.54) is 7.11 Å². The number of esters is 1. The molecule has 21 heavy (non-hydrogen) atoms. The molecular weight excluding hydrogens is 274 g/mol. The van der Waals surface area contributed by atoms with Gasteiger partial charge >= 0.3 is 5.97 Å². The van der Waals surface area contributed by atoms with Crippen LogP contribution in [0.4, 0.5) is 0 Å². The van der Waals surface area contributed by atoms with Crippen LogP contribution in [0.5, 0.6) is 0 Å². The number of nitriles is 1. The minimum atomic E-state index is -0.851. The number of hydrogen-bond acceptors (Lipinski definition) is 6. The second-order valence-corrected chi connectivity index (χ2v) is 5.99. The Morgan fingerprint density at radius 3 is 2.71 bits per heavy atom. The lowest BCUT2D eigenvalue weighted by Crippen LogP contribution is -2.51. The molecule has 0 spiro atoms. The average molecular weight is 295 g/mol. The first-order valence-corrected chi connectivity index (χ1v) is 7.12. The van der Waals surface area contributed by atoms with Gasteiger partial charge in [0.1, 0.15) is 11.6 Å². The van der Waals surface area contributed by atoms with Crippen molar-refractivity contribution in [1.29, 1.82) is 5.26 Å². The normalized spacial score (nSPS) is 28.5. The van der Waals surface area contributed by atoms with Crippen LogP contribution in [0.2, 0.25) is 0 Å². The maximum Gasteiger partial charge on any atom is 0.323 e. The Morgan fingerprint density at radius 2 is 2.19 bits per heavy atom. The maximum absolute atomic E-state index is 12.1. The molecule has 2 rings (SSSR count). The summed E-state index contributed by atoms with van der Waals surface area (Å²) in [7, 11) is 1.28. The highest BCUT2D eigenvalue weighted by Crippen LogP contribution is 2.39. The molecule has 0 radical (unpaired) electrons. The number of carbonyl (C=O) groups is 2. The summed E-state index contributed by atoms with van der Waals surface area (Å²) in [5.41, 5.74) is -0.851. The summed E-state index contributed by atoms with van der Waals surface area (Å²) in [6.07, 6.45) is 1.50. The molecule has 1 heterocycles. The molecule has 0 aromatic heterocycles. The van der Waals surface area contributed by atoms with Crippen molar-refractivity contribution in [3.8, 4) is 6.07 Å². The highest BCUT2D eigenvalue weighted by Gasteiger charge is 2.44. The van der Waals surface area contributed by atoms with Gasteiger partial charge < -0.3 is 15.2 Å². The monoisotopic (exact) mass is 295 g/mol. The van der Waals surface area contributed by atoms with Gasteiger partial charge in [0.25, 0.3) is 0 Å². The summed E-state index contributed by atoms with van der Waals surface area (Å²) in [6.45, 7) is 1.94. The Bertz CT molecular complexity index is 471. The summed E-state index contributed by atoms with van der Waals surface area (Å²) in [5.74, 6) is -0.564. The van der Waals surface area contributed by atoms with Gasteiger partial charge in [-0.1, -0.05) is 0 Å². The minimum Gasteiger partial charge on any atom is -0.468 e. The second-order valence-electron chi connectivity index (χ2n) is 5.99. The summed E-state index contributed by atoms with van der Waals surface area (Å²) in [4.78, 5) is 25.4. The predicted octanol–water partition coefficient (Wildman–Crippen LogP) is -0.597. The highest BCUT2D eigenvalue weighted by atomic mass is 16.5. The average Bonchev–Trinajstić information content (AvgIpc) is 3.23. The van der Waals surface area contributed by atoms with Gasteiger partial charge in [-0.15, -0.1) is 0 Å². The highest BCUT2D eigenvalue weighted by molar-refractivity contribution is 5.81. The zero-order valence-corrected chi connectivity index (χ0v) is 12.3. The van der Waals surface area contributed by atoms with Crippen LogP contribution in [0.3, 0.4) is 0 Å². The number of amides is 1. The quantitative estimate of drug-likeness (QED) is 0.657.